The number of ether oxygens (including phenoxy) is 2. The van der Waals surface area contributed by atoms with Gasteiger partial charge >= 0.3 is 19.8 Å². The lowest BCUT2D eigenvalue weighted by Crippen LogP contribution is -2.29. The molecule has 0 saturated heterocycles. The van der Waals surface area contributed by atoms with Gasteiger partial charge in [-0.2, -0.15) is 0 Å². The quantitative estimate of drug-likeness (QED) is 0.0269. The summed E-state index contributed by atoms with van der Waals surface area (Å²) in [7, 11) is -4.38. The van der Waals surface area contributed by atoms with Crippen LogP contribution in [-0.4, -0.2) is 49.3 Å². The van der Waals surface area contributed by atoms with E-state index in [9.17, 15) is 19.0 Å². The molecule has 0 radical (unpaired) electrons. The Morgan fingerprint density at radius 3 is 1.52 bits per heavy atom. The van der Waals surface area contributed by atoms with Crippen LogP contribution < -0.4 is 5.73 Å². The first kappa shape index (κ1) is 52.0. The topological polar surface area (TPSA) is 134 Å². The summed E-state index contributed by atoms with van der Waals surface area (Å²) in [5.41, 5.74) is 5.34. The predicted octanol–water partition coefficient (Wildman–Crippen LogP) is 12.3. The maximum Gasteiger partial charge on any atom is 0.472 e. The molecule has 0 bridgehead atoms. The molecule has 0 amide bonds. The Morgan fingerprint density at radius 1 is 0.574 bits per heavy atom. The minimum Gasteiger partial charge on any atom is -0.462 e. The number of allylic oxidation sites excluding steroid dienone is 8. The molecular formula is C44H80NO8P. The first-order chi connectivity index (χ1) is 26.3. The molecule has 0 aliphatic carbocycles. The van der Waals surface area contributed by atoms with Crippen LogP contribution in [0.2, 0.25) is 0 Å². The number of carbonyl (C=O) groups excluding carboxylic acids is 2. The van der Waals surface area contributed by atoms with Crippen LogP contribution in [0.15, 0.2) is 48.6 Å². The summed E-state index contributed by atoms with van der Waals surface area (Å²) in [5, 5.41) is 0. The normalized spacial score (nSPS) is 13.8. The van der Waals surface area contributed by atoms with Crippen molar-refractivity contribution in [3.05, 3.63) is 48.6 Å². The van der Waals surface area contributed by atoms with Crippen molar-refractivity contribution in [1.29, 1.82) is 0 Å². The van der Waals surface area contributed by atoms with Crippen molar-refractivity contribution < 1.29 is 37.6 Å². The molecule has 0 spiro atoms. The van der Waals surface area contributed by atoms with Crippen LogP contribution in [0.5, 0.6) is 0 Å². The molecule has 0 rings (SSSR count). The van der Waals surface area contributed by atoms with Gasteiger partial charge in [0.2, 0.25) is 0 Å². The minimum atomic E-state index is -4.38. The summed E-state index contributed by atoms with van der Waals surface area (Å²) >= 11 is 0. The fourth-order valence-electron chi connectivity index (χ4n) is 5.80. The zero-order chi connectivity index (χ0) is 39.6. The van der Waals surface area contributed by atoms with Crippen molar-refractivity contribution in [3.8, 4) is 0 Å². The molecule has 0 aliphatic heterocycles. The van der Waals surface area contributed by atoms with Crippen molar-refractivity contribution in [3.63, 3.8) is 0 Å². The number of unbranched alkanes of at least 4 members (excludes halogenated alkanes) is 19. The Bertz CT molecular complexity index is 1030. The Hall–Kier alpha value is -2.03. The zero-order valence-electron chi connectivity index (χ0n) is 34.4. The molecule has 0 saturated carbocycles. The van der Waals surface area contributed by atoms with Gasteiger partial charge in [0.15, 0.2) is 6.10 Å². The van der Waals surface area contributed by atoms with Gasteiger partial charge in [0.25, 0.3) is 0 Å². The highest BCUT2D eigenvalue weighted by Gasteiger charge is 2.26. The fraction of sp³-hybridized carbons (Fsp3) is 0.773. The number of phosphoric ester groups is 1. The van der Waals surface area contributed by atoms with Gasteiger partial charge in [-0.3, -0.25) is 18.6 Å². The second-order valence-electron chi connectivity index (χ2n) is 14.2. The maximum atomic E-state index is 12.6. The number of hydrogen-bond donors (Lipinski definition) is 2. The number of phosphoric acid groups is 1. The lowest BCUT2D eigenvalue weighted by molar-refractivity contribution is -0.161. The number of rotatable bonds is 40. The molecule has 0 aromatic carbocycles. The van der Waals surface area contributed by atoms with E-state index in [0.717, 1.165) is 70.6 Å². The van der Waals surface area contributed by atoms with Gasteiger partial charge in [0.1, 0.15) is 6.61 Å². The molecule has 0 heterocycles. The van der Waals surface area contributed by atoms with E-state index in [2.05, 4.69) is 62.5 Å². The summed E-state index contributed by atoms with van der Waals surface area (Å²) in [6.07, 6.45) is 45.7. The molecule has 0 aromatic rings. The van der Waals surface area contributed by atoms with Gasteiger partial charge in [-0.1, -0.05) is 172 Å². The van der Waals surface area contributed by atoms with E-state index < -0.39 is 26.5 Å². The summed E-state index contributed by atoms with van der Waals surface area (Å²) < 4.78 is 32.8. The third-order valence-electron chi connectivity index (χ3n) is 8.98. The molecule has 2 unspecified atom stereocenters. The standard InChI is InChI=1S/C44H80NO8P/c1-3-5-7-9-11-13-15-17-18-19-20-21-22-23-24-25-27-29-31-33-35-37-44(47)53-42(41-52-54(48,49)51-39-38-45)40-50-43(46)36-34-32-30-28-26-16-14-12-10-8-6-4-2/h5,7,11,13,17-18,20-21,42H,3-4,6,8-10,12,14-16,19,22-41,45H2,1-2H3,(H,48,49)/b7-5-,13-11-,18-17-,21-20-. The van der Waals surface area contributed by atoms with E-state index in [1.807, 2.05) is 0 Å². The molecule has 9 nitrogen and oxygen atoms in total. The van der Waals surface area contributed by atoms with Gasteiger partial charge in [-0.15, -0.1) is 0 Å². The molecule has 0 aliphatic rings. The SMILES string of the molecule is CC/C=C\C/C=C\C/C=C\C/C=C\CCCCCCCCCCC(=O)OC(COC(=O)CCCCCCCCCCCCCC)COP(=O)(O)OCCN. The monoisotopic (exact) mass is 782 g/mol. The Kier molecular flexibility index (Phi) is 39.1. The van der Waals surface area contributed by atoms with Crippen LogP contribution in [0.25, 0.3) is 0 Å². The summed E-state index contributed by atoms with van der Waals surface area (Å²) in [6.45, 7) is 3.61. The highest BCUT2D eigenvalue weighted by molar-refractivity contribution is 7.47. The average Bonchev–Trinajstić information content (AvgIpc) is 3.16. The van der Waals surface area contributed by atoms with E-state index >= 15 is 0 Å². The zero-order valence-corrected chi connectivity index (χ0v) is 35.3. The van der Waals surface area contributed by atoms with E-state index in [1.165, 1.54) is 83.5 Å². The maximum absolute atomic E-state index is 12.6. The highest BCUT2D eigenvalue weighted by Crippen LogP contribution is 2.43. The van der Waals surface area contributed by atoms with Crippen molar-refractivity contribution in [2.24, 2.45) is 5.73 Å². The van der Waals surface area contributed by atoms with Crippen LogP contribution in [0.3, 0.4) is 0 Å². The smallest absolute Gasteiger partial charge is 0.462 e. The molecule has 10 heteroatoms. The first-order valence-corrected chi connectivity index (χ1v) is 23.1. The van der Waals surface area contributed by atoms with Crippen LogP contribution in [-0.2, 0) is 32.7 Å². The van der Waals surface area contributed by atoms with Crippen molar-refractivity contribution in [1.82, 2.24) is 0 Å². The first-order valence-electron chi connectivity index (χ1n) is 21.6. The van der Waals surface area contributed by atoms with Gasteiger partial charge in [0, 0.05) is 19.4 Å². The second kappa shape index (κ2) is 40.6. The number of nitrogens with two attached hydrogens (primary N) is 1. The lowest BCUT2D eigenvalue weighted by atomic mass is 10.0. The van der Waals surface area contributed by atoms with Gasteiger partial charge in [0.05, 0.1) is 13.2 Å². The van der Waals surface area contributed by atoms with E-state index in [0.29, 0.717) is 6.42 Å². The molecule has 3 N–H and O–H groups in total. The van der Waals surface area contributed by atoms with Gasteiger partial charge in [-0.25, -0.2) is 4.57 Å². The fourth-order valence-corrected chi connectivity index (χ4v) is 6.57. The van der Waals surface area contributed by atoms with Crippen molar-refractivity contribution >= 4 is 19.8 Å². The Balaban J connectivity index is 4.14. The third-order valence-corrected chi connectivity index (χ3v) is 9.96. The van der Waals surface area contributed by atoms with Crippen LogP contribution >= 0.6 is 7.82 Å². The molecular weight excluding hydrogens is 701 g/mol. The van der Waals surface area contributed by atoms with Crippen LogP contribution in [0, 0.1) is 0 Å². The summed E-state index contributed by atoms with van der Waals surface area (Å²) in [6, 6.07) is 0. The predicted molar refractivity (Wildman–Crippen MR) is 224 cm³/mol. The Morgan fingerprint density at radius 2 is 1.02 bits per heavy atom. The molecule has 2 atom stereocenters. The van der Waals surface area contributed by atoms with Crippen LogP contribution in [0.1, 0.15) is 187 Å². The van der Waals surface area contributed by atoms with Gasteiger partial charge < -0.3 is 20.1 Å². The Labute approximate surface area is 330 Å². The minimum absolute atomic E-state index is 0.0513. The molecule has 0 fully saturated rings. The van der Waals surface area contributed by atoms with Gasteiger partial charge in [-0.05, 0) is 51.4 Å². The molecule has 54 heavy (non-hydrogen) atoms. The lowest BCUT2D eigenvalue weighted by Gasteiger charge is -2.19. The van der Waals surface area contributed by atoms with Crippen molar-refractivity contribution in [2.45, 2.75) is 193 Å². The van der Waals surface area contributed by atoms with E-state index in [4.69, 9.17) is 24.3 Å². The van der Waals surface area contributed by atoms with E-state index in [1.54, 1.807) is 0 Å². The van der Waals surface area contributed by atoms with Crippen molar-refractivity contribution in [2.75, 3.05) is 26.4 Å². The number of hydrogen-bond acceptors (Lipinski definition) is 8. The largest absolute Gasteiger partial charge is 0.472 e. The molecule has 0 aromatic heterocycles. The summed E-state index contributed by atoms with van der Waals surface area (Å²) in [4.78, 5) is 34.8. The number of esters is 2. The second-order valence-corrected chi connectivity index (χ2v) is 15.6. The third kappa shape index (κ3) is 39.7. The summed E-state index contributed by atoms with van der Waals surface area (Å²) in [5.74, 6) is -0.837. The molecule has 314 valence electrons. The van der Waals surface area contributed by atoms with Crippen LogP contribution in [0.4, 0.5) is 0 Å². The average molecular weight is 782 g/mol. The highest BCUT2D eigenvalue weighted by atomic mass is 31.2. The number of carbonyl (C=O) groups is 2. The van der Waals surface area contributed by atoms with E-state index in [-0.39, 0.29) is 38.6 Å².